The Morgan fingerprint density at radius 2 is 2.17 bits per heavy atom. The van der Waals surface area contributed by atoms with Crippen LogP contribution < -0.4 is 5.32 Å². The number of aromatic nitrogens is 2. The molecule has 0 aliphatic rings. The Balaban J connectivity index is 2.63. The summed E-state index contributed by atoms with van der Waals surface area (Å²) in [4.78, 5) is 0. The average Bonchev–Trinajstić information content (AvgIpc) is 2.62. The fourth-order valence-electron chi connectivity index (χ4n) is 2.14. The zero-order valence-electron chi connectivity index (χ0n) is 11.8. The zero-order valence-corrected chi connectivity index (χ0v) is 13.4. The van der Waals surface area contributed by atoms with Crippen molar-refractivity contribution in [1.29, 1.82) is 0 Å². The molecular formula is C13H24BrN3O. The lowest BCUT2D eigenvalue weighted by Crippen LogP contribution is -2.33. The van der Waals surface area contributed by atoms with Crippen molar-refractivity contribution in [2.45, 2.75) is 39.2 Å². The summed E-state index contributed by atoms with van der Waals surface area (Å²) >= 11 is 3.66. The summed E-state index contributed by atoms with van der Waals surface area (Å²) < 4.78 is 8.39. The van der Waals surface area contributed by atoms with Crippen molar-refractivity contribution in [2.24, 2.45) is 7.05 Å². The summed E-state index contributed by atoms with van der Waals surface area (Å²) in [6.07, 6.45) is 3.03. The normalized spacial score (nSPS) is 12.9. The Hall–Kier alpha value is -0.390. The maximum atomic E-state index is 5.24. The molecule has 5 heteroatoms. The Bertz CT molecular complexity index is 359. The van der Waals surface area contributed by atoms with E-state index in [2.05, 4.69) is 40.2 Å². The molecule has 0 spiro atoms. The van der Waals surface area contributed by atoms with Crippen LogP contribution in [0.2, 0.25) is 0 Å². The molecule has 1 rings (SSSR count). The summed E-state index contributed by atoms with van der Waals surface area (Å²) in [5.74, 6) is 0. The molecule has 0 bridgehead atoms. The smallest absolute Gasteiger partial charge is 0.0766 e. The van der Waals surface area contributed by atoms with Gasteiger partial charge in [0, 0.05) is 20.2 Å². The van der Waals surface area contributed by atoms with Gasteiger partial charge in [0.25, 0.3) is 0 Å². The molecule has 0 saturated heterocycles. The highest BCUT2D eigenvalue weighted by atomic mass is 79.9. The maximum absolute atomic E-state index is 5.24. The fourth-order valence-corrected chi connectivity index (χ4v) is 2.95. The van der Waals surface area contributed by atoms with Gasteiger partial charge in [-0.25, -0.2) is 0 Å². The zero-order chi connectivity index (χ0) is 13.5. The van der Waals surface area contributed by atoms with Crippen molar-refractivity contribution in [3.05, 3.63) is 15.9 Å². The monoisotopic (exact) mass is 317 g/mol. The van der Waals surface area contributed by atoms with Gasteiger partial charge in [-0.15, -0.1) is 0 Å². The van der Waals surface area contributed by atoms with E-state index >= 15 is 0 Å². The lowest BCUT2D eigenvalue weighted by molar-refractivity contribution is 0.163. The topological polar surface area (TPSA) is 39.1 Å². The number of ether oxygens (including phenoxy) is 1. The molecule has 0 saturated carbocycles. The summed E-state index contributed by atoms with van der Waals surface area (Å²) in [7, 11) is 3.76. The number of rotatable bonds is 8. The van der Waals surface area contributed by atoms with Crippen molar-refractivity contribution >= 4 is 15.9 Å². The average molecular weight is 318 g/mol. The van der Waals surface area contributed by atoms with Crippen LogP contribution >= 0.6 is 15.9 Å². The summed E-state index contributed by atoms with van der Waals surface area (Å²) in [6, 6.07) is 0.409. The molecule has 18 heavy (non-hydrogen) atoms. The second kappa shape index (κ2) is 7.92. The second-order valence-corrected chi connectivity index (χ2v) is 5.23. The third-order valence-electron chi connectivity index (χ3n) is 3.09. The first-order valence-corrected chi connectivity index (χ1v) is 7.35. The van der Waals surface area contributed by atoms with Crippen LogP contribution in [0.1, 0.15) is 31.7 Å². The van der Waals surface area contributed by atoms with E-state index in [0.29, 0.717) is 6.04 Å². The minimum absolute atomic E-state index is 0.409. The predicted octanol–water partition coefficient (Wildman–Crippen LogP) is 2.30. The molecule has 1 aromatic heterocycles. The Morgan fingerprint density at radius 3 is 2.67 bits per heavy atom. The Kier molecular flexibility index (Phi) is 6.89. The molecule has 0 fully saturated rings. The van der Waals surface area contributed by atoms with Crippen LogP contribution in [-0.4, -0.2) is 36.1 Å². The van der Waals surface area contributed by atoms with Gasteiger partial charge in [-0.3, -0.25) is 4.68 Å². The van der Waals surface area contributed by atoms with Gasteiger partial charge in [0.05, 0.1) is 22.5 Å². The van der Waals surface area contributed by atoms with Gasteiger partial charge >= 0.3 is 0 Å². The van der Waals surface area contributed by atoms with Crippen molar-refractivity contribution in [3.63, 3.8) is 0 Å². The number of hydrogen-bond acceptors (Lipinski definition) is 3. The molecule has 104 valence electrons. The van der Waals surface area contributed by atoms with Gasteiger partial charge < -0.3 is 10.1 Å². The first-order chi connectivity index (χ1) is 8.63. The van der Waals surface area contributed by atoms with Crippen molar-refractivity contribution in [3.8, 4) is 0 Å². The first kappa shape index (κ1) is 15.7. The number of aryl methyl sites for hydroxylation is 2. The number of nitrogens with zero attached hydrogens (tertiary/aromatic N) is 2. The third-order valence-corrected chi connectivity index (χ3v) is 4.01. The highest BCUT2D eigenvalue weighted by Gasteiger charge is 2.14. The van der Waals surface area contributed by atoms with Crippen molar-refractivity contribution in [1.82, 2.24) is 15.1 Å². The van der Waals surface area contributed by atoms with Crippen LogP contribution in [0.3, 0.4) is 0 Å². The van der Waals surface area contributed by atoms with E-state index in [1.807, 2.05) is 11.7 Å². The Morgan fingerprint density at radius 1 is 1.44 bits per heavy atom. The van der Waals surface area contributed by atoms with E-state index in [4.69, 9.17) is 4.74 Å². The van der Waals surface area contributed by atoms with Gasteiger partial charge in [-0.2, -0.15) is 5.10 Å². The molecule has 4 nitrogen and oxygen atoms in total. The minimum Gasteiger partial charge on any atom is -0.383 e. The standard InChI is InChI=1S/C13H24BrN3O/c1-5-11-13(14)12(17(3)16-11)8-7-10(9-18-4)15-6-2/h10,15H,5-9H2,1-4H3. The highest BCUT2D eigenvalue weighted by Crippen LogP contribution is 2.23. The molecule has 1 unspecified atom stereocenters. The fraction of sp³-hybridized carbons (Fsp3) is 0.769. The number of methoxy groups -OCH3 is 1. The van der Waals surface area contributed by atoms with E-state index in [9.17, 15) is 0 Å². The van der Waals surface area contributed by atoms with Crippen LogP contribution in [0.5, 0.6) is 0 Å². The van der Waals surface area contributed by atoms with E-state index in [-0.39, 0.29) is 0 Å². The minimum atomic E-state index is 0.409. The molecule has 0 radical (unpaired) electrons. The molecule has 0 amide bonds. The van der Waals surface area contributed by atoms with Crippen LogP contribution in [-0.2, 0) is 24.6 Å². The molecular weight excluding hydrogens is 294 g/mol. The first-order valence-electron chi connectivity index (χ1n) is 6.56. The number of likely N-dealkylation sites (N-methyl/N-ethyl adjacent to an activating group) is 1. The molecule has 1 heterocycles. The number of nitrogens with one attached hydrogen (secondary N) is 1. The van der Waals surface area contributed by atoms with Gasteiger partial charge in [0.2, 0.25) is 0 Å². The van der Waals surface area contributed by atoms with E-state index < -0.39 is 0 Å². The molecule has 1 N–H and O–H groups in total. The van der Waals surface area contributed by atoms with Crippen LogP contribution in [0.25, 0.3) is 0 Å². The van der Waals surface area contributed by atoms with E-state index in [0.717, 1.165) is 38.1 Å². The third kappa shape index (κ3) is 4.07. The maximum Gasteiger partial charge on any atom is 0.0766 e. The van der Waals surface area contributed by atoms with Crippen LogP contribution in [0.15, 0.2) is 4.47 Å². The van der Waals surface area contributed by atoms with Crippen LogP contribution in [0, 0.1) is 0 Å². The summed E-state index contributed by atoms with van der Waals surface area (Å²) in [5.41, 5.74) is 2.41. The lowest BCUT2D eigenvalue weighted by atomic mass is 10.1. The van der Waals surface area contributed by atoms with E-state index in [1.165, 1.54) is 10.2 Å². The van der Waals surface area contributed by atoms with Gasteiger partial charge in [-0.1, -0.05) is 13.8 Å². The lowest BCUT2D eigenvalue weighted by Gasteiger charge is -2.16. The molecule has 0 aliphatic heterocycles. The largest absolute Gasteiger partial charge is 0.383 e. The number of hydrogen-bond donors (Lipinski definition) is 1. The molecule has 0 aromatic carbocycles. The second-order valence-electron chi connectivity index (χ2n) is 4.43. The van der Waals surface area contributed by atoms with Crippen molar-refractivity contribution in [2.75, 3.05) is 20.3 Å². The molecule has 1 atom stereocenters. The molecule has 1 aromatic rings. The predicted molar refractivity (Wildman–Crippen MR) is 77.9 cm³/mol. The summed E-state index contributed by atoms with van der Waals surface area (Å²) in [6.45, 7) is 5.98. The van der Waals surface area contributed by atoms with E-state index in [1.54, 1.807) is 7.11 Å². The molecule has 0 aliphatic carbocycles. The quantitative estimate of drug-likeness (QED) is 0.799. The van der Waals surface area contributed by atoms with Crippen molar-refractivity contribution < 1.29 is 4.74 Å². The number of halogens is 1. The Labute approximate surface area is 118 Å². The SMILES string of the molecule is CCNC(CCc1c(Br)c(CC)nn1C)COC. The summed E-state index contributed by atoms with van der Waals surface area (Å²) in [5, 5.41) is 7.96. The van der Waals surface area contributed by atoms with Gasteiger partial charge in [-0.05, 0) is 41.7 Å². The van der Waals surface area contributed by atoms with Crippen LogP contribution in [0.4, 0.5) is 0 Å². The highest BCUT2D eigenvalue weighted by molar-refractivity contribution is 9.10. The van der Waals surface area contributed by atoms with Gasteiger partial charge in [0.1, 0.15) is 0 Å². The van der Waals surface area contributed by atoms with Gasteiger partial charge in [0.15, 0.2) is 0 Å².